The van der Waals surface area contributed by atoms with Crippen LogP contribution in [-0.4, -0.2) is 40.9 Å². The second-order valence-electron chi connectivity index (χ2n) is 5.03. The number of ether oxygens (including phenoxy) is 1. The lowest BCUT2D eigenvalue weighted by molar-refractivity contribution is 0.0343. The second kappa shape index (κ2) is 5.23. The summed E-state index contributed by atoms with van der Waals surface area (Å²) in [5.74, 6) is 0.338. The van der Waals surface area contributed by atoms with Crippen LogP contribution in [0.4, 0.5) is 0 Å². The van der Waals surface area contributed by atoms with Crippen LogP contribution in [0.3, 0.4) is 0 Å². The molecule has 1 aliphatic rings. The van der Waals surface area contributed by atoms with E-state index in [0.717, 1.165) is 44.8 Å². The van der Waals surface area contributed by atoms with E-state index >= 15 is 0 Å². The van der Waals surface area contributed by atoms with Crippen molar-refractivity contribution < 1.29 is 9.84 Å². The van der Waals surface area contributed by atoms with Crippen molar-refractivity contribution in [1.82, 2.24) is 9.47 Å². The number of hydrogen-bond donors (Lipinski definition) is 1. The molecule has 0 radical (unpaired) electrons. The largest absolute Gasteiger partial charge is 0.508 e. The van der Waals surface area contributed by atoms with E-state index in [9.17, 15) is 5.11 Å². The van der Waals surface area contributed by atoms with E-state index in [1.807, 2.05) is 12.1 Å². The Morgan fingerprint density at radius 2 is 2.05 bits per heavy atom. The normalized spacial score (nSPS) is 17.1. The predicted octanol–water partition coefficient (Wildman–Crippen LogP) is 2.20. The number of hydrogen-bond acceptors (Lipinski definition) is 3. The Hall–Kier alpha value is -1.52. The number of rotatable bonds is 3. The number of phenolic OH excluding ortho intramolecular Hbond substituents is 1. The summed E-state index contributed by atoms with van der Waals surface area (Å²) in [4.78, 5) is 2.41. The summed E-state index contributed by atoms with van der Waals surface area (Å²) in [5.41, 5.74) is 2.48. The van der Waals surface area contributed by atoms with E-state index in [2.05, 4.69) is 22.6 Å². The minimum Gasteiger partial charge on any atom is -0.508 e. The van der Waals surface area contributed by atoms with Crippen molar-refractivity contribution in [2.24, 2.45) is 0 Å². The fourth-order valence-electron chi connectivity index (χ4n) is 2.75. The van der Waals surface area contributed by atoms with Crippen LogP contribution in [-0.2, 0) is 17.8 Å². The highest BCUT2D eigenvalue weighted by atomic mass is 16.5. The lowest BCUT2D eigenvalue weighted by atomic mass is 10.1. The van der Waals surface area contributed by atoms with Crippen LogP contribution in [0.15, 0.2) is 24.4 Å². The Balaban J connectivity index is 1.95. The van der Waals surface area contributed by atoms with E-state index in [1.54, 1.807) is 6.07 Å². The summed E-state index contributed by atoms with van der Waals surface area (Å²) in [5, 5.41) is 10.9. The van der Waals surface area contributed by atoms with Gasteiger partial charge >= 0.3 is 0 Å². The van der Waals surface area contributed by atoms with E-state index in [1.165, 1.54) is 11.1 Å². The van der Waals surface area contributed by atoms with Crippen molar-refractivity contribution >= 4 is 10.9 Å². The molecule has 19 heavy (non-hydrogen) atoms. The third-order valence-corrected chi connectivity index (χ3v) is 3.79. The zero-order valence-corrected chi connectivity index (χ0v) is 11.3. The molecule has 0 saturated carbocycles. The van der Waals surface area contributed by atoms with Gasteiger partial charge < -0.3 is 14.4 Å². The Morgan fingerprint density at radius 3 is 2.79 bits per heavy atom. The van der Waals surface area contributed by atoms with Gasteiger partial charge in [0.25, 0.3) is 0 Å². The van der Waals surface area contributed by atoms with Crippen LogP contribution >= 0.6 is 0 Å². The second-order valence-corrected chi connectivity index (χ2v) is 5.03. The van der Waals surface area contributed by atoms with Gasteiger partial charge in [-0.05, 0) is 30.7 Å². The molecule has 0 unspecified atom stereocenters. The number of fused-ring (bicyclic) bond motifs is 1. The summed E-state index contributed by atoms with van der Waals surface area (Å²) >= 11 is 0. The summed E-state index contributed by atoms with van der Waals surface area (Å²) in [6, 6.07) is 5.63. The predicted molar refractivity (Wildman–Crippen MR) is 75.4 cm³/mol. The maximum absolute atomic E-state index is 9.70. The van der Waals surface area contributed by atoms with Crippen molar-refractivity contribution in [3.05, 3.63) is 30.0 Å². The topological polar surface area (TPSA) is 37.6 Å². The fourth-order valence-corrected chi connectivity index (χ4v) is 2.75. The summed E-state index contributed by atoms with van der Waals surface area (Å²) in [7, 11) is 0. The van der Waals surface area contributed by atoms with Gasteiger partial charge in [-0.15, -0.1) is 0 Å². The zero-order valence-electron chi connectivity index (χ0n) is 11.3. The number of morpholine rings is 1. The molecule has 2 heterocycles. The average Bonchev–Trinajstić information content (AvgIpc) is 2.77. The van der Waals surface area contributed by atoms with Gasteiger partial charge in [0.1, 0.15) is 5.75 Å². The molecule has 0 aliphatic carbocycles. The summed E-state index contributed by atoms with van der Waals surface area (Å²) < 4.78 is 7.62. The molecule has 1 aliphatic heterocycles. The molecule has 3 rings (SSSR count). The van der Waals surface area contributed by atoms with Gasteiger partial charge in [-0.1, -0.05) is 0 Å². The number of aromatic hydroxyl groups is 1. The van der Waals surface area contributed by atoms with E-state index in [4.69, 9.17) is 4.74 Å². The van der Waals surface area contributed by atoms with Gasteiger partial charge in [0.15, 0.2) is 0 Å². The zero-order chi connectivity index (χ0) is 13.2. The third kappa shape index (κ3) is 2.46. The van der Waals surface area contributed by atoms with Crippen LogP contribution in [0.5, 0.6) is 5.75 Å². The molecule has 0 atom stereocenters. The van der Waals surface area contributed by atoms with Crippen LogP contribution in [0.1, 0.15) is 12.5 Å². The smallest absolute Gasteiger partial charge is 0.116 e. The molecule has 4 nitrogen and oxygen atoms in total. The standard InChI is InChI=1S/C15H20N2O2/c1-2-17-11-12(10-16-5-7-19-8-6-16)14-9-13(18)3-4-15(14)17/h3-4,9,11,18H,2,5-8,10H2,1H3. The Morgan fingerprint density at radius 1 is 1.26 bits per heavy atom. The van der Waals surface area contributed by atoms with Crippen LogP contribution in [0, 0.1) is 0 Å². The lowest BCUT2D eigenvalue weighted by Gasteiger charge is -2.26. The summed E-state index contributed by atoms with van der Waals surface area (Å²) in [6.07, 6.45) is 2.21. The molecule has 1 fully saturated rings. The maximum atomic E-state index is 9.70. The molecular weight excluding hydrogens is 240 g/mol. The first-order chi connectivity index (χ1) is 9.28. The van der Waals surface area contributed by atoms with Gasteiger partial charge in [-0.2, -0.15) is 0 Å². The van der Waals surface area contributed by atoms with E-state index in [0.29, 0.717) is 5.75 Å². The van der Waals surface area contributed by atoms with E-state index in [-0.39, 0.29) is 0 Å². The van der Waals surface area contributed by atoms with Gasteiger partial charge in [0, 0.05) is 43.3 Å². The molecule has 1 aromatic carbocycles. The van der Waals surface area contributed by atoms with Crippen LogP contribution in [0.2, 0.25) is 0 Å². The highest BCUT2D eigenvalue weighted by Crippen LogP contribution is 2.26. The minimum atomic E-state index is 0.338. The first-order valence-electron chi connectivity index (χ1n) is 6.89. The molecule has 102 valence electrons. The van der Waals surface area contributed by atoms with Crippen molar-refractivity contribution in [1.29, 1.82) is 0 Å². The number of phenols is 1. The first kappa shape index (κ1) is 12.5. The molecule has 0 bridgehead atoms. The number of nitrogens with zero attached hydrogens (tertiary/aromatic N) is 2. The molecule has 1 saturated heterocycles. The highest BCUT2D eigenvalue weighted by molar-refractivity contribution is 5.85. The Kier molecular flexibility index (Phi) is 3.44. The van der Waals surface area contributed by atoms with Gasteiger partial charge in [-0.3, -0.25) is 4.90 Å². The Labute approximate surface area is 113 Å². The van der Waals surface area contributed by atoms with Crippen LogP contribution < -0.4 is 0 Å². The molecule has 0 spiro atoms. The first-order valence-corrected chi connectivity index (χ1v) is 6.89. The SMILES string of the molecule is CCn1cc(CN2CCOCC2)c2cc(O)ccc21. The third-order valence-electron chi connectivity index (χ3n) is 3.79. The van der Waals surface area contributed by atoms with Gasteiger partial charge in [0.2, 0.25) is 0 Å². The van der Waals surface area contributed by atoms with Crippen LogP contribution in [0.25, 0.3) is 10.9 Å². The van der Waals surface area contributed by atoms with E-state index < -0.39 is 0 Å². The average molecular weight is 260 g/mol. The highest BCUT2D eigenvalue weighted by Gasteiger charge is 2.14. The molecule has 0 amide bonds. The van der Waals surface area contributed by atoms with Gasteiger partial charge in [-0.25, -0.2) is 0 Å². The molecule has 1 N–H and O–H groups in total. The van der Waals surface area contributed by atoms with Crippen molar-refractivity contribution in [2.75, 3.05) is 26.3 Å². The lowest BCUT2D eigenvalue weighted by Crippen LogP contribution is -2.35. The van der Waals surface area contributed by atoms with Gasteiger partial charge in [0.05, 0.1) is 13.2 Å². The number of aryl methyl sites for hydroxylation is 1. The maximum Gasteiger partial charge on any atom is 0.116 e. The molecule has 1 aromatic heterocycles. The fraction of sp³-hybridized carbons (Fsp3) is 0.467. The number of benzene rings is 1. The number of aromatic nitrogens is 1. The summed E-state index contributed by atoms with van der Waals surface area (Å²) in [6.45, 7) is 7.62. The minimum absolute atomic E-state index is 0.338. The van der Waals surface area contributed by atoms with Crippen molar-refractivity contribution in [3.8, 4) is 5.75 Å². The van der Waals surface area contributed by atoms with Crippen molar-refractivity contribution in [2.45, 2.75) is 20.0 Å². The molecule has 4 heteroatoms. The quantitative estimate of drug-likeness (QED) is 0.919. The monoisotopic (exact) mass is 260 g/mol. The Bertz CT molecular complexity index is 571. The molecular formula is C15H20N2O2. The van der Waals surface area contributed by atoms with Crippen molar-refractivity contribution in [3.63, 3.8) is 0 Å². The molecule has 2 aromatic rings.